The van der Waals surface area contributed by atoms with Crippen LogP contribution in [0, 0.1) is 11.3 Å². The largest absolute Gasteiger partial charge is 0.382 e. The fourth-order valence-corrected chi connectivity index (χ4v) is 2.52. The molecule has 2 heterocycles. The summed E-state index contributed by atoms with van der Waals surface area (Å²) < 4.78 is 4.27. The summed E-state index contributed by atoms with van der Waals surface area (Å²) in [6.07, 6.45) is 3.54. The Morgan fingerprint density at radius 3 is 2.55 bits per heavy atom. The molecule has 4 nitrogen and oxygen atoms in total. The lowest BCUT2D eigenvalue weighted by atomic mass is 9.82. The molecule has 0 fully saturated rings. The normalized spacial score (nSPS) is 13.2. The lowest BCUT2D eigenvalue weighted by Crippen LogP contribution is -2.24. The summed E-state index contributed by atoms with van der Waals surface area (Å²) >= 11 is 1.42. The molecule has 5 heteroatoms. The minimum atomic E-state index is 0.278. The summed E-state index contributed by atoms with van der Waals surface area (Å²) in [5.41, 5.74) is 8.32. The number of aromatic nitrogens is 2. The molecule has 108 valence electrons. The van der Waals surface area contributed by atoms with Gasteiger partial charge in [-0.05, 0) is 40.6 Å². The minimum Gasteiger partial charge on any atom is -0.382 e. The fraction of sp³-hybridized carbons (Fsp3) is 0.467. The van der Waals surface area contributed by atoms with Crippen molar-refractivity contribution in [2.24, 2.45) is 11.3 Å². The van der Waals surface area contributed by atoms with Crippen molar-refractivity contribution in [1.82, 2.24) is 9.36 Å². The maximum atomic E-state index is 6.00. The van der Waals surface area contributed by atoms with E-state index >= 15 is 0 Å². The molecule has 0 saturated carbocycles. The van der Waals surface area contributed by atoms with Crippen LogP contribution in [0.2, 0.25) is 0 Å². The first-order valence-electron chi connectivity index (χ1n) is 6.79. The molecule has 3 N–H and O–H groups in total. The third-order valence-electron chi connectivity index (χ3n) is 3.73. The van der Waals surface area contributed by atoms with Gasteiger partial charge < -0.3 is 11.1 Å². The Balaban J connectivity index is 2.19. The number of rotatable bonds is 4. The van der Waals surface area contributed by atoms with Gasteiger partial charge in [-0.1, -0.05) is 27.7 Å². The third kappa shape index (κ3) is 3.28. The molecule has 2 aromatic heterocycles. The van der Waals surface area contributed by atoms with Crippen LogP contribution in [0.5, 0.6) is 0 Å². The monoisotopic (exact) mass is 290 g/mol. The van der Waals surface area contributed by atoms with Crippen LogP contribution in [-0.2, 0) is 0 Å². The maximum Gasteiger partial charge on any atom is 0.147 e. The number of anilines is 2. The Kier molecular flexibility index (Phi) is 4.28. The third-order valence-corrected chi connectivity index (χ3v) is 4.55. The highest BCUT2D eigenvalue weighted by atomic mass is 32.1. The molecule has 2 aromatic rings. The van der Waals surface area contributed by atoms with E-state index in [-0.39, 0.29) is 5.41 Å². The highest BCUT2D eigenvalue weighted by Crippen LogP contribution is 2.37. The standard InChI is InChI=1S/C15H22N4S/c1-10(15(2,3)4)9-18-14-12(13(16)19-20-14)11-5-7-17-8-6-11/h5-8,10,18H,9H2,1-4H3,(H2,16,19). The molecule has 1 atom stereocenters. The van der Waals surface area contributed by atoms with Crippen LogP contribution in [-0.4, -0.2) is 15.9 Å². The molecule has 0 amide bonds. The van der Waals surface area contributed by atoms with Gasteiger partial charge in [0.25, 0.3) is 0 Å². The quantitative estimate of drug-likeness (QED) is 0.897. The molecule has 0 spiro atoms. The summed E-state index contributed by atoms with van der Waals surface area (Å²) in [6, 6.07) is 3.91. The van der Waals surface area contributed by atoms with Crippen LogP contribution in [0.3, 0.4) is 0 Å². The molecular weight excluding hydrogens is 268 g/mol. The van der Waals surface area contributed by atoms with E-state index in [2.05, 4.69) is 42.4 Å². The van der Waals surface area contributed by atoms with Crippen molar-refractivity contribution in [1.29, 1.82) is 0 Å². The average Bonchev–Trinajstić information content (AvgIpc) is 2.77. The Bertz CT molecular complexity index is 557. The predicted octanol–water partition coefficient (Wildman–Crippen LogP) is 3.88. The van der Waals surface area contributed by atoms with Gasteiger partial charge in [-0.25, -0.2) is 0 Å². The lowest BCUT2D eigenvalue weighted by molar-refractivity contribution is 0.275. The van der Waals surface area contributed by atoms with Gasteiger partial charge in [0, 0.05) is 18.9 Å². The van der Waals surface area contributed by atoms with E-state index in [1.165, 1.54) is 11.5 Å². The Morgan fingerprint density at radius 1 is 1.30 bits per heavy atom. The number of nitrogens with one attached hydrogen (secondary N) is 1. The van der Waals surface area contributed by atoms with Crippen LogP contribution in [0.4, 0.5) is 10.8 Å². The van der Waals surface area contributed by atoms with Crippen molar-refractivity contribution in [3.63, 3.8) is 0 Å². The van der Waals surface area contributed by atoms with Crippen molar-refractivity contribution in [2.45, 2.75) is 27.7 Å². The number of hydrogen-bond acceptors (Lipinski definition) is 5. The topological polar surface area (TPSA) is 63.8 Å². The van der Waals surface area contributed by atoms with Gasteiger partial charge in [0.1, 0.15) is 10.8 Å². The zero-order valence-corrected chi connectivity index (χ0v) is 13.3. The Labute approximate surface area is 124 Å². The van der Waals surface area contributed by atoms with Crippen LogP contribution in [0.25, 0.3) is 11.1 Å². The fourth-order valence-electron chi connectivity index (χ4n) is 1.77. The average molecular weight is 290 g/mol. The number of nitrogens with zero attached hydrogens (tertiary/aromatic N) is 2. The second kappa shape index (κ2) is 5.79. The van der Waals surface area contributed by atoms with E-state index in [1.807, 2.05) is 12.1 Å². The zero-order valence-electron chi connectivity index (χ0n) is 12.5. The lowest BCUT2D eigenvalue weighted by Gasteiger charge is -2.27. The number of nitrogen functional groups attached to an aromatic ring is 1. The molecule has 0 aliphatic heterocycles. The summed E-state index contributed by atoms with van der Waals surface area (Å²) in [4.78, 5) is 4.04. The van der Waals surface area contributed by atoms with Gasteiger partial charge in [0.15, 0.2) is 0 Å². The number of hydrogen-bond donors (Lipinski definition) is 2. The van der Waals surface area contributed by atoms with Gasteiger partial charge in [-0.3, -0.25) is 4.98 Å². The SMILES string of the molecule is CC(CNc1snc(N)c1-c1ccncc1)C(C)(C)C. The number of nitrogens with two attached hydrogens (primary N) is 1. The smallest absolute Gasteiger partial charge is 0.147 e. The number of pyridine rings is 1. The molecule has 1 unspecified atom stereocenters. The zero-order chi connectivity index (χ0) is 14.8. The summed E-state index contributed by atoms with van der Waals surface area (Å²) in [7, 11) is 0. The first kappa shape index (κ1) is 14.8. The molecule has 0 bridgehead atoms. The van der Waals surface area contributed by atoms with Crippen molar-refractivity contribution >= 4 is 22.4 Å². The molecule has 0 aromatic carbocycles. The van der Waals surface area contributed by atoms with Crippen molar-refractivity contribution < 1.29 is 0 Å². The molecule has 20 heavy (non-hydrogen) atoms. The van der Waals surface area contributed by atoms with E-state index in [0.29, 0.717) is 11.7 Å². The van der Waals surface area contributed by atoms with Crippen molar-refractivity contribution in [2.75, 3.05) is 17.6 Å². The van der Waals surface area contributed by atoms with Crippen LogP contribution in [0.15, 0.2) is 24.5 Å². The molecule has 0 saturated heterocycles. The van der Waals surface area contributed by atoms with E-state index in [1.54, 1.807) is 12.4 Å². The van der Waals surface area contributed by atoms with Crippen molar-refractivity contribution in [3.8, 4) is 11.1 Å². The molecule has 0 radical (unpaired) electrons. The van der Waals surface area contributed by atoms with Gasteiger partial charge in [0.2, 0.25) is 0 Å². The second-order valence-corrected chi connectivity index (χ2v) is 6.93. The first-order valence-corrected chi connectivity index (χ1v) is 7.56. The maximum absolute atomic E-state index is 6.00. The van der Waals surface area contributed by atoms with E-state index in [9.17, 15) is 0 Å². The van der Waals surface area contributed by atoms with Gasteiger partial charge in [0.05, 0.1) is 5.56 Å². The van der Waals surface area contributed by atoms with Crippen LogP contribution < -0.4 is 11.1 Å². The van der Waals surface area contributed by atoms with Gasteiger partial charge in [-0.15, -0.1) is 0 Å². The van der Waals surface area contributed by atoms with E-state index in [4.69, 9.17) is 5.73 Å². The molecule has 0 aliphatic carbocycles. The van der Waals surface area contributed by atoms with Gasteiger partial charge in [-0.2, -0.15) is 4.37 Å². The predicted molar refractivity (Wildman–Crippen MR) is 86.9 cm³/mol. The summed E-state index contributed by atoms with van der Waals surface area (Å²) in [6.45, 7) is 9.92. The highest BCUT2D eigenvalue weighted by molar-refractivity contribution is 7.11. The summed E-state index contributed by atoms with van der Waals surface area (Å²) in [5, 5.41) is 4.53. The van der Waals surface area contributed by atoms with E-state index < -0.39 is 0 Å². The second-order valence-electron chi connectivity index (χ2n) is 6.16. The Hall–Kier alpha value is -1.62. The summed E-state index contributed by atoms with van der Waals surface area (Å²) in [5.74, 6) is 1.13. The minimum absolute atomic E-state index is 0.278. The van der Waals surface area contributed by atoms with Gasteiger partial charge >= 0.3 is 0 Å². The Morgan fingerprint density at radius 2 is 1.95 bits per heavy atom. The van der Waals surface area contributed by atoms with Crippen molar-refractivity contribution in [3.05, 3.63) is 24.5 Å². The molecule has 2 rings (SSSR count). The first-order chi connectivity index (χ1) is 9.39. The highest BCUT2D eigenvalue weighted by Gasteiger charge is 2.21. The molecule has 0 aliphatic rings. The van der Waals surface area contributed by atoms with E-state index in [0.717, 1.165) is 22.7 Å². The van der Waals surface area contributed by atoms with Crippen LogP contribution >= 0.6 is 11.5 Å². The molecular formula is C15H22N4S. The van der Waals surface area contributed by atoms with Crippen LogP contribution in [0.1, 0.15) is 27.7 Å².